The van der Waals surface area contributed by atoms with Crippen LogP contribution in [0.3, 0.4) is 0 Å². The van der Waals surface area contributed by atoms with Gasteiger partial charge in [0.05, 0.1) is 7.11 Å². The molecule has 1 radical (unpaired) electrons. The van der Waals surface area contributed by atoms with Crippen LogP contribution in [0.15, 0.2) is 18.2 Å². The van der Waals surface area contributed by atoms with E-state index in [-0.39, 0.29) is 0 Å². The molecule has 0 spiro atoms. The van der Waals surface area contributed by atoms with Gasteiger partial charge in [0, 0.05) is 6.07 Å². The molecular weight excluding hydrogens is 136 g/mol. The van der Waals surface area contributed by atoms with Crippen LogP contribution in [0.25, 0.3) is 0 Å². The molecule has 1 aromatic rings. The van der Waals surface area contributed by atoms with Gasteiger partial charge < -0.3 is 4.74 Å². The SMILES string of the molecule is COc1[c]cccc1C(C)C. The van der Waals surface area contributed by atoms with Crippen LogP contribution >= 0.6 is 0 Å². The quantitative estimate of drug-likeness (QED) is 0.628. The van der Waals surface area contributed by atoms with Crippen LogP contribution in [-0.2, 0) is 0 Å². The minimum atomic E-state index is 0.502. The molecular formula is C10H13O. The molecule has 0 fully saturated rings. The Morgan fingerprint density at radius 1 is 1.45 bits per heavy atom. The monoisotopic (exact) mass is 149 g/mol. The third kappa shape index (κ3) is 1.73. The largest absolute Gasteiger partial charge is 0.496 e. The van der Waals surface area contributed by atoms with Crippen molar-refractivity contribution in [1.82, 2.24) is 0 Å². The van der Waals surface area contributed by atoms with Crippen molar-refractivity contribution in [2.75, 3.05) is 7.11 Å². The first-order chi connectivity index (χ1) is 5.25. The van der Waals surface area contributed by atoms with Gasteiger partial charge in [-0.1, -0.05) is 32.0 Å². The van der Waals surface area contributed by atoms with E-state index >= 15 is 0 Å². The lowest BCUT2D eigenvalue weighted by Gasteiger charge is -2.09. The molecule has 0 amide bonds. The van der Waals surface area contributed by atoms with Gasteiger partial charge in [-0.15, -0.1) is 0 Å². The summed E-state index contributed by atoms with van der Waals surface area (Å²) in [5.74, 6) is 1.37. The smallest absolute Gasteiger partial charge is 0.130 e. The summed E-state index contributed by atoms with van der Waals surface area (Å²) in [6.07, 6.45) is 0. The second kappa shape index (κ2) is 3.42. The Morgan fingerprint density at radius 2 is 2.18 bits per heavy atom. The molecule has 1 nitrogen and oxygen atoms in total. The molecule has 11 heavy (non-hydrogen) atoms. The summed E-state index contributed by atoms with van der Waals surface area (Å²) in [6, 6.07) is 8.96. The summed E-state index contributed by atoms with van der Waals surface area (Å²) in [6.45, 7) is 4.29. The Balaban J connectivity index is 3.02. The van der Waals surface area contributed by atoms with E-state index in [1.807, 2.05) is 12.1 Å². The highest BCUT2D eigenvalue weighted by atomic mass is 16.5. The highest BCUT2D eigenvalue weighted by Gasteiger charge is 2.04. The van der Waals surface area contributed by atoms with Crippen LogP contribution in [0.1, 0.15) is 25.3 Å². The first-order valence-corrected chi connectivity index (χ1v) is 3.80. The van der Waals surface area contributed by atoms with Gasteiger partial charge in [-0.25, -0.2) is 0 Å². The van der Waals surface area contributed by atoms with Crippen LogP contribution in [0.4, 0.5) is 0 Å². The second-order valence-electron chi connectivity index (χ2n) is 2.81. The number of benzene rings is 1. The van der Waals surface area contributed by atoms with Gasteiger partial charge >= 0.3 is 0 Å². The van der Waals surface area contributed by atoms with Crippen molar-refractivity contribution in [3.63, 3.8) is 0 Å². The number of para-hydroxylation sites is 1. The molecule has 0 aliphatic carbocycles. The van der Waals surface area contributed by atoms with Crippen molar-refractivity contribution < 1.29 is 4.74 Å². The molecule has 0 aliphatic heterocycles. The second-order valence-corrected chi connectivity index (χ2v) is 2.81. The molecule has 0 saturated heterocycles. The highest BCUT2D eigenvalue weighted by molar-refractivity contribution is 5.34. The number of rotatable bonds is 2. The Morgan fingerprint density at radius 3 is 2.64 bits per heavy atom. The van der Waals surface area contributed by atoms with Crippen molar-refractivity contribution in [3.05, 3.63) is 29.8 Å². The molecule has 1 rings (SSSR count). The molecule has 0 saturated carbocycles. The molecule has 0 aromatic heterocycles. The molecule has 0 aliphatic rings. The summed E-state index contributed by atoms with van der Waals surface area (Å²) in [5, 5.41) is 0. The van der Waals surface area contributed by atoms with Crippen LogP contribution in [-0.4, -0.2) is 7.11 Å². The van der Waals surface area contributed by atoms with Gasteiger partial charge in [0.1, 0.15) is 5.75 Å². The van der Waals surface area contributed by atoms with Gasteiger partial charge in [-0.2, -0.15) is 0 Å². The average molecular weight is 149 g/mol. The third-order valence-electron chi connectivity index (χ3n) is 1.67. The molecule has 0 N–H and O–H groups in total. The fourth-order valence-corrected chi connectivity index (χ4v) is 1.07. The number of hydrogen-bond donors (Lipinski definition) is 0. The molecule has 0 atom stereocenters. The third-order valence-corrected chi connectivity index (χ3v) is 1.67. The summed E-state index contributed by atoms with van der Waals surface area (Å²) in [4.78, 5) is 0. The first kappa shape index (κ1) is 8.12. The lowest BCUT2D eigenvalue weighted by Crippen LogP contribution is -1.93. The fourth-order valence-electron chi connectivity index (χ4n) is 1.07. The Kier molecular flexibility index (Phi) is 2.53. The Labute approximate surface area is 68.0 Å². The van der Waals surface area contributed by atoms with Gasteiger partial charge in [0.15, 0.2) is 0 Å². The predicted octanol–water partition coefficient (Wildman–Crippen LogP) is 2.62. The number of hydrogen-bond acceptors (Lipinski definition) is 1. The van der Waals surface area contributed by atoms with Crippen LogP contribution < -0.4 is 4.74 Å². The molecule has 0 heterocycles. The number of methoxy groups -OCH3 is 1. The van der Waals surface area contributed by atoms with Crippen molar-refractivity contribution in [2.24, 2.45) is 0 Å². The zero-order valence-corrected chi connectivity index (χ0v) is 7.22. The van der Waals surface area contributed by atoms with Crippen LogP contribution in [0, 0.1) is 6.07 Å². The standard InChI is InChI=1S/C10H13O/c1-8(2)9-6-4-5-7-10(9)11-3/h4-6,8H,1-3H3. The van der Waals surface area contributed by atoms with E-state index in [4.69, 9.17) is 4.74 Å². The van der Waals surface area contributed by atoms with E-state index < -0.39 is 0 Å². The lowest BCUT2D eigenvalue weighted by atomic mass is 10.0. The van der Waals surface area contributed by atoms with Crippen molar-refractivity contribution in [3.8, 4) is 5.75 Å². The molecule has 0 unspecified atom stereocenters. The maximum absolute atomic E-state index is 5.15. The topological polar surface area (TPSA) is 9.23 Å². The lowest BCUT2D eigenvalue weighted by molar-refractivity contribution is 0.406. The first-order valence-electron chi connectivity index (χ1n) is 3.80. The number of ether oxygens (including phenoxy) is 1. The van der Waals surface area contributed by atoms with E-state index in [1.165, 1.54) is 5.56 Å². The predicted molar refractivity (Wildman–Crippen MR) is 45.9 cm³/mol. The molecule has 0 bridgehead atoms. The van der Waals surface area contributed by atoms with Gasteiger partial charge in [0.2, 0.25) is 0 Å². The van der Waals surface area contributed by atoms with Gasteiger partial charge in [0.25, 0.3) is 0 Å². The average Bonchev–Trinajstić information content (AvgIpc) is 2.04. The normalized spacial score (nSPS) is 10.2. The highest BCUT2D eigenvalue weighted by Crippen LogP contribution is 2.24. The van der Waals surface area contributed by atoms with Crippen molar-refractivity contribution >= 4 is 0 Å². The Bertz CT molecular complexity index is 228. The molecule has 59 valence electrons. The van der Waals surface area contributed by atoms with E-state index in [0.29, 0.717) is 5.92 Å². The summed E-state index contributed by atoms with van der Waals surface area (Å²) in [7, 11) is 1.68. The summed E-state index contributed by atoms with van der Waals surface area (Å²) in [5.41, 5.74) is 1.22. The van der Waals surface area contributed by atoms with E-state index in [0.717, 1.165) is 5.75 Å². The maximum Gasteiger partial charge on any atom is 0.130 e. The zero-order valence-electron chi connectivity index (χ0n) is 7.22. The van der Waals surface area contributed by atoms with Crippen molar-refractivity contribution in [2.45, 2.75) is 19.8 Å². The van der Waals surface area contributed by atoms with E-state index in [2.05, 4.69) is 26.0 Å². The maximum atomic E-state index is 5.15. The molecule has 1 aromatic carbocycles. The van der Waals surface area contributed by atoms with Gasteiger partial charge in [-0.3, -0.25) is 0 Å². The minimum absolute atomic E-state index is 0.502. The van der Waals surface area contributed by atoms with Crippen LogP contribution in [0.5, 0.6) is 5.75 Å². The summed E-state index contributed by atoms with van der Waals surface area (Å²) < 4.78 is 5.15. The fraction of sp³-hybridized carbons (Fsp3) is 0.400. The summed E-state index contributed by atoms with van der Waals surface area (Å²) >= 11 is 0. The van der Waals surface area contributed by atoms with E-state index in [1.54, 1.807) is 7.11 Å². The minimum Gasteiger partial charge on any atom is -0.496 e. The zero-order chi connectivity index (χ0) is 8.27. The Hall–Kier alpha value is -0.980. The molecule has 1 heteroatoms. The van der Waals surface area contributed by atoms with Crippen molar-refractivity contribution in [1.29, 1.82) is 0 Å². The van der Waals surface area contributed by atoms with E-state index in [9.17, 15) is 0 Å². The van der Waals surface area contributed by atoms with Crippen LogP contribution in [0.2, 0.25) is 0 Å². The van der Waals surface area contributed by atoms with Gasteiger partial charge in [-0.05, 0) is 11.5 Å².